The summed E-state index contributed by atoms with van der Waals surface area (Å²) < 4.78 is 0. The minimum atomic E-state index is -0.546. The van der Waals surface area contributed by atoms with E-state index in [0.717, 1.165) is 0 Å². The van der Waals surface area contributed by atoms with E-state index in [-0.39, 0.29) is 0 Å². The molecule has 2 heteroatoms. The summed E-state index contributed by atoms with van der Waals surface area (Å²) in [4.78, 5) is 0. The Kier molecular flexibility index (Phi) is 3.35. The Hall–Kier alpha value is -0.636. The first-order valence-corrected chi connectivity index (χ1v) is 6.91. The number of hydrogen-bond donors (Lipinski definition) is 0. The Bertz CT molecular complexity index is 346. The van der Waals surface area contributed by atoms with Gasteiger partial charge in [0.2, 0.25) is 0 Å². The second-order valence-electron chi connectivity index (χ2n) is 2.92. The maximum absolute atomic E-state index is 5.21. The van der Waals surface area contributed by atoms with Crippen molar-refractivity contribution >= 4 is 17.3 Å². The molecule has 0 aliphatic rings. The van der Waals surface area contributed by atoms with Crippen molar-refractivity contribution in [1.29, 1.82) is 0 Å². The van der Waals surface area contributed by atoms with Gasteiger partial charge in [0.05, 0.1) is 0 Å². The van der Waals surface area contributed by atoms with Crippen LogP contribution in [0.2, 0.25) is 0 Å². The van der Waals surface area contributed by atoms with Crippen molar-refractivity contribution in [2.75, 3.05) is 0 Å². The van der Waals surface area contributed by atoms with Crippen LogP contribution in [0.3, 0.4) is 0 Å². The molecule has 0 radical (unpaired) electrons. The van der Waals surface area contributed by atoms with Crippen LogP contribution in [0.1, 0.15) is 0 Å². The fraction of sp³-hybridized carbons (Fsp3) is 0. The molecule has 2 aromatic rings. The van der Waals surface area contributed by atoms with Gasteiger partial charge in [-0.1, -0.05) is 0 Å². The molecule has 0 saturated carbocycles. The summed E-state index contributed by atoms with van der Waals surface area (Å²) in [7, 11) is 0. The van der Waals surface area contributed by atoms with Crippen molar-refractivity contribution in [1.82, 2.24) is 0 Å². The van der Waals surface area contributed by atoms with Crippen molar-refractivity contribution < 1.29 is 15.0 Å². The summed E-state index contributed by atoms with van der Waals surface area (Å²) in [6, 6.07) is 20.7. The Labute approximate surface area is 93.1 Å². The van der Waals surface area contributed by atoms with E-state index in [1.165, 1.54) is 10.6 Å². The van der Waals surface area contributed by atoms with Crippen LogP contribution in [-0.4, -0.2) is 0 Å². The molecule has 0 atom stereocenters. The van der Waals surface area contributed by atoms with Crippen LogP contribution < -0.4 is 10.6 Å². The standard InChI is InChI=1S/C12H10P.Ni/c1-3-7-11(8-4-1)13-12-9-5-2-6-10-12;/h1-10H;/q-1;+1. The summed E-state index contributed by atoms with van der Waals surface area (Å²) in [5.41, 5.74) is 0. The predicted molar refractivity (Wildman–Crippen MR) is 59.1 cm³/mol. The van der Waals surface area contributed by atoms with Crippen LogP contribution in [0.4, 0.5) is 0 Å². The first kappa shape index (κ1) is 9.90. The van der Waals surface area contributed by atoms with Gasteiger partial charge in [-0.3, -0.25) is 0 Å². The second kappa shape index (κ2) is 4.73. The summed E-state index contributed by atoms with van der Waals surface area (Å²) in [5, 5.41) is 2.54. The van der Waals surface area contributed by atoms with Gasteiger partial charge in [-0.2, -0.15) is 0 Å². The van der Waals surface area contributed by atoms with Crippen molar-refractivity contribution in [2.45, 2.75) is 0 Å². The molecule has 0 spiro atoms. The van der Waals surface area contributed by atoms with Gasteiger partial charge in [-0.15, -0.1) is 0 Å². The minimum absolute atomic E-state index is 0.546. The Morgan fingerprint density at radius 3 is 1.36 bits per heavy atom. The quantitative estimate of drug-likeness (QED) is 0.562. The van der Waals surface area contributed by atoms with Crippen molar-refractivity contribution in [3.63, 3.8) is 0 Å². The van der Waals surface area contributed by atoms with Crippen LogP contribution >= 0.6 is 6.70 Å². The molecule has 0 N–H and O–H groups in total. The van der Waals surface area contributed by atoms with E-state index in [1.54, 1.807) is 0 Å². The molecule has 2 aromatic carbocycles. The first-order chi connectivity index (χ1) is 6.88. The zero-order valence-electron chi connectivity index (χ0n) is 7.54. The summed E-state index contributed by atoms with van der Waals surface area (Å²) in [5.74, 6) is 0. The van der Waals surface area contributed by atoms with E-state index in [0.29, 0.717) is 0 Å². The van der Waals surface area contributed by atoms with Crippen molar-refractivity contribution in [2.24, 2.45) is 0 Å². The molecule has 0 heterocycles. The van der Waals surface area contributed by atoms with Crippen molar-refractivity contribution in [3.8, 4) is 0 Å². The van der Waals surface area contributed by atoms with Gasteiger partial charge in [0.1, 0.15) is 0 Å². The molecule has 0 aliphatic carbocycles. The first-order valence-electron chi connectivity index (χ1n) is 4.41. The van der Waals surface area contributed by atoms with E-state index in [2.05, 4.69) is 24.3 Å². The zero-order valence-corrected chi connectivity index (χ0v) is 9.42. The normalized spacial score (nSPS) is 10.5. The monoisotopic (exact) mass is 243 g/mol. The molecule has 0 bridgehead atoms. The molecule has 2 rings (SSSR count). The van der Waals surface area contributed by atoms with E-state index >= 15 is 0 Å². The van der Waals surface area contributed by atoms with Crippen LogP contribution in [0.25, 0.3) is 0 Å². The molecule has 0 amide bonds. The third-order valence-corrected chi connectivity index (χ3v) is 4.90. The van der Waals surface area contributed by atoms with Crippen LogP contribution in [0, 0.1) is 0 Å². The third kappa shape index (κ3) is 2.24. The molecular formula is C12H10NiP. The van der Waals surface area contributed by atoms with Gasteiger partial charge < -0.3 is 0 Å². The Morgan fingerprint density at radius 2 is 1.00 bits per heavy atom. The number of rotatable bonds is 2. The number of benzene rings is 2. The predicted octanol–water partition coefficient (Wildman–Crippen LogP) is 2.58. The Morgan fingerprint density at radius 1 is 0.643 bits per heavy atom. The average Bonchev–Trinajstić information content (AvgIpc) is 2.30. The molecule has 0 unspecified atom stereocenters. The van der Waals surface area contributed by atoms with E-state index in [9.17, 15) is 0 Å². The molecule has 0 aliphatic heterocycles. The van der Waals surface area contributed by atoms with Gasteiger partial charge in [0.15, 0.2) is 0 Å². The van der Waals surface area contributed by atoms with Gasteiger partial charge in [0, 0.05) is 0 Å². The fourth-order valence-electron chi connectivity index (χ4n) is 1.25. The van der Waals surface area contributed by atoms with E-state index in [4.69, 9.17) is 15.0 Å². The maximum atomic E-state index is 5.21. The van der Waals surface area contributed by atoms with Crippen LogP contribution in [0.15, 0.2) is 60.7 Å². The zero-order chi connectivity index (χ0) is 9.80. The topological polar surface area (TPSA) is 0 Å². The van der Waals surface area contributed by atoms with Crippen molar-refractivity contribution in [3.05, 3.63) is 60.7 Å². The average molecular weight is 244 g/mol. The summed E-state index contributed by atoms with van der Waals surface area (Å²) >= 11 is 5.21. The summed E-state index contributed by atoms with van der Waals surface area (Å²) in [6.45, 7) is -0.546. The second-order valence-corrected chi connectivity index (χ2v) is 5.79. The van der Waals surface area contributed by atoms with Gasteiger partial charge in [0.25, 0.3) is 0 Å². The Balaban J connectivity index is 2.30. The molecule has 73 valence electrons. The molecule has 0 nitrogen and oxygen atoms in total. The third-order valence-electron chi connectivity index (χ3n) is 1.93. The van der Waals surface area contributed by atoms with Gasteiger partial charge >= 0.3 is 93.0 Å². The fourth-order valence-corrected chi connectivity index (χ4v) is 3.26. The summed E-state index contributed by atoms with van der Waals surface area (Å²) in [6.07, 6.45) is 0. The van der Waals surface area contributed by atoms with E-state index in [1.807, 2.05) is 36.4 Å². The molecule has 0 aromatic heterocycles. The van der Waals surface area contributed by atoms with Crippen LogP contribution in [-0.2, 0) is 15.0 Å². The molecule has 0 fully saturated rings. The SMILES string of the molecule is [Ni][P](c1ccccc1)c1ccccc1. The van der Waals surface area contributed by atoms with Gasteiger partial charge in [-0.05, 0) is 0 Å². The van der Waals surface area contributed by atoms with E-state index < -0.39 is 6.70 Å². The molecule has 14 heavy (non-hydrogen) atoms. The molecule has 0 saturated heterocycles. The van der Waals surface area contributed by atoms with Crippen LogP contribution in [0.5, 0.6) is 0 Å². The van der Waals surface area contributed by atoms with Gasteiger partial charge in [-0.25, -0.2) is 0 Å². The number of hydrogen-bond acceptors (Lipinski definition) is 0. The molecular weight excluding hydrogens is 234 g/mol.